The second-order valence-corrected chi connectivity index (χ2v) is 25.2. The Morgan fingerprint density at radius 1 is 0.456 bits per heavy atom. The number of rotatable bonds is 5. The van der Waals surface area contributed by atoms with Crippen LogP contribution in [0.3, 0.4) is 0 Å². The van der Waals surface area contributed by atoms with Crippen molar-refractivity contribution in [1.29, 1.82) is 0 Å². The monoisotopic (exact) mass is 950 g/mol. The highest BCUT2D eigenvalue weighted by atomic mass is 32.1. The van der Waals surface area contributed by atoms with Crippen LogP contribution >= 0.6 is 45.3 Å². The molecule has 0 saturated heterocycles. The summed E-state index contributed by atoms with van der Waals surface area (Å²) in [6.07, 6.45) is 0. The molecule has 0 spiro atoms. The third kappa shape index (κ3) is 6.46. The Hall–Kier alpha value is -5.96. The van der Waals surface area contributed by atoms with Gasteiger partial charge in [-0.1, -0.05) is 128 Å². The molecule has 13 rings (SSSR count). The third-order valence-corrected chi connectivity index (χ3v) is 18.9. The third-order valence-electron chi connectivity index (χ3n) is 14.5. The van der Waals surface area contributed by atoms with E-state index >= 15 is 0 Å². The molecular formula is C61H51BN2S4. The molecule has 0 bridgehead atoms. The van der Waals surface area contributed by atoms with Gasteiger partial charge in [-0.2, -0.15) is 0 Å². The minimum atomic E-state index is 0.00414. The fraction of sp³-hybridized carbons (Fsp3) is 0.180. The molecule has 0 radical (unpaired) electrons. The summed E-state index contributed by atoms with van der Waals surface area (Å²) in [4.78, 5) is 5.30. The lowest BCUT2D eigenvalue weighted by molar-refractivity contribution is 0.591. The summed E-state index contributed by atoms with van der Waals surface area (Å²) >= 11 is 7.65. The lowest BCUT2D eigenvalue weighted by Gasteiger charge is -2.42. The molecule has 332 valence electrons. The Balaban J connectivity index is 1.09. The van der Waals surface area contributed by atoms with Crippen molar-refractivity contribution in [2.45, 2.75) is 72.1 Å². The Kier molecular flexibility index (Phi) is 9.47. The minimum absolute atomic E-state index is 0.00414. The van der Waals surface area contributed by atoms with E-state index in [2.05, 4.69) is 222 Å². The molecule has 2 aliphatic heterocycles. The van der Waals surface area contributed by atoms with Crippen molar-refractivity contribution < 1.29 is 0 Å². The minimum Gasteiger partial charge on any atom is -0.310 e. The fourth-order valence-corrected chi connectivity index (χ4v) is 15.4. The number of nitrogens with zero attached hydrogens (tertiary/aromatic N) is 2. The highest BCUT2D eigenvalue weighted by molar-refractivity contribution is 7.40. The molecule has 0 aliphatic carbocycles. The van der Waals surface area contributed by atoms with Gasteiger partial charge in [-0.3, -0.25) is 0 Å². The first-order chi connectivity index (χ1) is 32.8. The highest BCUT2D eigenvalue weighted by Gasteiger charge is 2.47. The molecule has 0 amide bonds. The molecule has 68 heavy (non-hydrogen) atoms. The summed E-state index contributed by atoms with van der Waals surface area (Å²) < 4.78 is 8.17. The van der Waals surface area contributed by atoms with Crippen LogP contribution in [0.15, 0.2) is 156 Å². The summed E-state index contributed by atoms with van der Waals surface area (Å²) in [5.41, 5.74) is 18.1. The van der Waals surface area contributed by atoms with Gasteiger partial charge in [-0.15, -0.1) is 45.3 Å². The standard InChI is InChI=1S/C61H51BN2S4/c1-35(2)38-29-49-55-50(30-38)64(42-25-19-37(20-26-42)48-34-66-52-16-12-10-14-44(48)52)57-46-32-40(61(6,7)8)22-28-54(46)68-59(57)62(55)58-56(45-31-39(60(3,4)5)21-27-53(45)67-58)63(49)41-23-17-36(18-24-41)47-33-65-51-15-11-9-13-43(47)51/h9-35H,1-8H3. The van der Waals surface area contributed by atoms with Gasteiger partial charge in [0.15, 0.2) is 0 Å². The van der Waals surface area contributed by atoms with E-state index in [0.717, 1.165) is 0 Å². The maximum Gasteiger partial charge on any atom is 0.277 e. The van der Waals surface area contributed by atoms with E-state index in [1.54, 1.807) is 0 Å². The van der Waals surface area contributed by atoms with Gasteiger partial charge in [0.2, 0.25) is 0 Å². The summed E-state index contributed by atoms with van der Waals surface area (Å²) in [5.74, 6) is 0.309. The first-order valence-electron chi connectivity index (χ1n) is 23.9. The summed E-state index contributed by atoms with van der Waals surface area (Å²) in [6, 6.07) is 56.2. The second-order valence-electron chi connectivity index (χ2n) is 21.2. The van der Waals surface area contributed by atoms with Gasteiger partial charge in [-0.05, 0) is 134 Å². The van der Waals surface area contributed by atoms with Gasteiger partial charge in [0.05, 0.1) is 11.4 Å². The van der Waals surface area contributed by atoms with E-state index in [-0.39, 0.29) is 17.5 Å². The van der Waals surface area contributed by atoms with Crippen molar-refractivity contribution >= 4 is 142 Å². The quantitative estimate of drug-likeness (QED) is 0.159. The van der Waals surface area contributed by atoms with E-state index in [0.29, 0.717) is 5.92 Å². The van der Waals surface area contributed by atoms with Crippen LogP contribution in [0, 0.1) is 0 Å². The van der Waals surface area contributed by atoms with Crippen molar-refractivity contribution in [2.75, 3.05) is 9.80 Å². The normalized spacial score (nSPS) is 13.6. The molecule has 2 nitrogen and oxygen atoms in total. The molecule has 0 atom stereocenters. The van der Waals surface area contributed by atoms with Gasteiger partial charge in [0.1, 0.15) is 0 Å². The molecule has 4 aromatic heterocycles. The Labute approximate surface area is 415 Å². The molecular weight excluding hydrogens is 900 g/mol. The van der Waals surface area contributed by atoms with Gasteiger partial charge < -0.3 is 9.80 Å². The molecule has 0 unspecified atom stereocenters. The van der Waals surface area contributed by atoms with Crippen LogP contribution < -0.4 is 24.8 Å². The van der Waals surface area contributed by atoms with Crippen LogP contribution in [0.4, 0.5) is 34.1 Å². The highest BCUT2D eigenvalue weighted by Crippen LogP contribution is 2.52. The van der Waals surface area contributed by atoms with Crippen LogP contribution in [-0.4, -0.2) is 6.71 Å². The molecule has 7 aromatic carbocycles. The fourth-order valence-electron chi connectivity index (χ4n) is 10.8. The SMILES string of the molecule is CC(C)c1cc2c3c(c1)N(c1ccc(-c4csc5ccccc45)cc1)c1c(sc4ccc(C(C)(C)C)cc14)B3c1sc3ccc(C(C)(C)C)cc3c1N2c1ccc(-c2csc3ccccc23)cc1. The van der Waals surface area contributed by atoms with Crippen molar-refractivity contribution in [3.63, 3.8) is 0 Å². The topological polar surface area (TPSA) is 6.48 Å². The van der Waals surface area contributed by atoms with Crippen molar-refractivity contribution in [2.24, 2.45) is 0 Å². The van der Waals surface area contributed by atoms with Crippen molar-refractivity contribution in [3.8, 4) is 22.3 Å². The molecule has 0 fully saturated rings. The van der Waals surface area contributed by atoms with Crippen LogP contribution in [0.25, 0.3) is 62.6 Å². The molecule has 6 heterocycles. The molecule has 11 aromatic rings. The predicted molar refractivity (Wildman–Crippen MR) is 304 cm³/mol. The summed E-state index contributed by atoms with van der Waals surface area (Å²) in [7, 11) is 0. The number of benzene rings is 7. The number of thiophene rings is 4. The number of fused-ring (bicyclic) bond motifs is 10. The van der Waals surface area contributed by atoms with Crippen LogP contribution in [0.5, 0.6) is 0 Å². The predicted octanol–water partition coefficient (Wildman–Crippen LogP) is 17.7. The van der Waals surface area contributed by atoms with Crippen LogP contribution in [0.2, 0.25) is 0 Å². The van der Waals surface area contributed by atoms with E-state index in [9.17, 15) is 0 Å². The van der Waals surface area contributed by atoms with Crippen molar-refractivity contribution in [1.82, 2.24) is 0 Å². The maximum absolute atomic E-state index is 2.65. The largest absolute Gasteiger partial charge is 0.310 e. The maximum atomic E-state index is 2.65. The van der Waals surface area contributed by atoms with Gasteiger partial charge >= 0.3 is 0 Å². The lowest BCUT2D eigenvalue weighted by atomic mass is 9.39. The first kappa shape index (κ1) is 42.2. The van der Waals surface area contributed by atoms with E-state index in [4.69, 9.17) is 0 Å². The zero-order valence-electron chi connectivity index (χ0n) is 39.7. The van der Waals surface area contributed by atoms with E-state index < -0.39 is 0 Å². The van der Waals surface area contributed by atoms with Crippen molar-refractivity contribution in [3.05, 3.63) is 173 Å². The zero-order chi connectivity index (χ0) is 46.4. The summed E-state index contributed by atoms with van der Waals surface area (Å²) in [5, 5.41) is 9.95. The second kappa shape index (κ2) is 15.3. The van der Waals surface area contributed by atoms with Gasteiger partial charge in [0, 0.05) is 83.8 Å². The molecule has 2 aliphatic rings. The smallest absolute Gasteiger partial charge is 0.277 e. The Morgan fingerprint density at radius 2 is 0.882 bits per heavy atom. The molecule has 7 heteroatoms. The average molecular weight is 951 g/mol. The van der Waals surface area contributed by atoms with E-state index in [1.165, 1.54) is 128 Å². The number of hydrogen-bond donors (Lipinski definition) is 0. The zero-order valence-corrected chi connectivity index (χ0v) is 43.0. The Bertz CT molecular complexity index is 3570. The first-order valence-corrected chi connectivity index (χ1v) is 27.2. The molecule has 0 N–H and O–H groups in total. The summed E-state index contributed by atoms with van der Waals surface area (Å²) in [6.45, 7) is 18.8. The van der Waals surface area contributed by atoms with Crippen LogP contribution in [-0.2, 0) is 10.8 Å². The Morgan fingerprint density at radius 3 is 1.29 bits per heavy atom. The average Bonchev–Trinajstić information content (AvgIpc) is 4.14. The number of hydrogen-bond acceptors (Lipinski definition) is 6. The molecule has 0 saturated carbocycles. The van der Waals surface area contributed by atoms with Crippen LogP contribution in [0.1, 0.15) is 78.0 Å². The van der Waals surface area contributed by atoms with Gasteiger partial charge in [-0.25, -0.2) is 0 Å². The number of anilines is 6. The van der Waals surface area contributed by atoms with E-state index in [1.807, 2.05) is 45.3 Å². The lowest BCUT2D eigenvalue weighted by Crippen LogP contribution is -2.59. The van der Waals surface area contributed by atoms with Gasteiger partial charge in [0.25, 0.3) is 6.71 Å².